The van der Waals surface area contributed by atoms with E-state index in [4.69, 9.17) is 11.6 Å². The smallest absolute Gasteiger partial charge is 0.243 e. The quantitative estimate of drug-likeness (QED) is 0.773. The van der Waals surface area contributed by atoms with E-state index >= 15 is 0 Å². The summed E-state index contributed by atoms with van der Waals surface area (Å²) in [5.74, 6) is 3.16. The number of nitrogens with one attached hydrogen (secondary N) is 1. The van der Waals surface area contributed by atoms with Gasteiger partial charge in [-0.1, -0.05) is 17.7 Å². The van der Waals surface area contributed by atoms with Crippen LogP contribution in [0.3, 0.4) is 0 Å². The minimum absolute atomic E-state index is 0.0277. The van der Waals surface area contributed by atoms with Crippen molar-refractivity contribution in [3.8, 4) is 0 Å². The van der Waals surface area contributed by atoms with Crippen LogP contribution in [0.25, 0.3) is 0 Å². The molecular weight excluding hydrogens is 408 g/mol. The SMILES string of the molecule is O=C(NCC1CCN(S(=O)(=O)c2cccc(Cl)c2)CC1)C12CC3CC4C[C@H](C1)C432. The highest BCUT2D eigenvalue weighted by molar-refractivity contribution is 7.89. The molecule has 5 nitrogen and oxygen atoms in total. The van der Waals surface area contributed by atoms with Gasteiger partial charge in [-0.2, -0.15) is 4.31 Å². The van der Waals surface area contributed by atoms with Crippen LogP contribution in [0.5, 0.6) is 0 Å². The molecule has 5 atom stereocenters. The molecule has 1 aromatic rings. The molecular formula is C22H27ClN2O3S. The summed E-state index contributed by atoms with van der Waals surface area (Å²) >= 11 is 5.96. The van der Waals surface area contributed by atoms with Gasteiger partial charge in [0.15, 0.2) is 0 Å². The van der Waals surface area contributed by atoms with Crippen LogP contribution >= 0.6 is 11.6 Å². The first-order valence-electron chi connectivity index (χ1n) is 10.9. The van der Waals surface area contributed by atoms with Crippen molar-refractivity contribution in [1.82, 2.24) is 9.62 Å². The summed E-state index contributed by atoms with van der Waals surface area (Å²) in [5, 5.41) is 3.70. The van der Waals surface area contributed by atoms with Crippen LogP contribution < -0.4 is 5.32 Å². The molecule has 156 valence electrons. The van der Waals surface area contributed by atoms with Gasteiger partial charge in [-0.25, -0.2) is 8.42 Å². The summed E-state index contributed by atoms with van der Waals surface area (Å²) in [6, 6.07) is 6.45. The second-order valence-electron chi connectivity index (χ2n) is 10.0. The summed E-state index contributed by atoms with van der Waals surface area (Å²) in [6.45, 7) is 1.68. The van der Waals surface area contributed by atoms with Gasteiger partial charge in [0.05, 0.1) is 10.3 Å². The number of hydrogen-bond donors (Lipinski definition) is 1. The Labute approximate surface area is 177 Å². The molecule has 4 aliphatic carbocycles. The number of hydrogen-bond acceptors (Lipinski definition) is 3. The summed E-state index contributed by atoms with van der Waals surface area (Å²) in [7, 11) is -3.50. The van der Waals surface area contributed by atoms with E-state index in [9.17, 15) is 13.2 Å². The summed E-state index contributed by atoms with van der Waals surface area (Å²) in [6.07, 6.45) is 6.53. The number of rotatable bonds is 5. The van der Waals surface area contributed by atoms with Crippen molar-refractivity contribution >= 4 is 27.5 Å². The topological polar surface area (TPSA) is 66.5 Å². The van der Waals surface area contributed by atoms with Gasteiger partial charge in [0, 0.05) is 24.7 Å². The third-order valence-corrected chi connectivity index (χ3v) is 11.3. The van der Waals surface area contributed by atoms with Crippen LogP contribution in [0.15, 0.2) is 29.2 Å². The summed E-state index contributed by atoms with van der Waals surface area (Å²) < 4.78 is 27.2. The lowest BCUT2D eigenvalue weighted by Gasteiger charge is -2.90. The fraction of sp³-hybridized carbons (Fsp3) is 0.682. The zero-order chi connectivity index (χ0) is 20.0. The van der Waals surface area contributed by atoms with Gasteiger partial charge in [-0.3, -0.25) is 4.79 Å². The second kappa shape index (κ2) is 5.98. The van der Waals surface area contributed by atoms with E-state index in [2.05, 4.69) is 5.32 Å². The number of carbonyl (C=O) groups excluding carboxylic acids is 1. The number of halogens is 1. The van der Waals surface area contributed by atoms with Crippen molar-refractivity contribution in [2.45, 2.75) is 43.4 Å². The Morgan fingerprint density at radius 2 is 1.83 bits per heavy atom. The van der Waals surface area contributed by atoms with Crippen LogP contribution in [-0.2, 0) is 14.8 Å². The van der Waals surface area contributed by atoms with Gasteiger partial charge in [0.2, 0.25) is 15.9 Å². The van der Waals surface area contributed by atoms with Crippen molar-refractivity contribution in [3.63, 3.8) is 0 Å². The lowest BCUT2D eigenvalue weighted by atomic mass is 9.13. The molecule has 1 aliphatic heterocycles. The monoisotopic (exact) mass is 434 g/mol. The van der Waals surface area contributed by atoms with E-state index in [1.807, 2.05) is 0 Å². The van der Waals surface area contributed by atoms with Gasteiger partial charge in [-0.05, 0) is 85.8 Å². The van der Waals surface area contributed by atoms with Crippen LogP contribution in [-0.4, -0.2) is 38.3 Å². The lowest BCUT2D eigenvalue weighted by Crippen LogP contribution is -2.88. The zero-order valence-electron chi connectivity index (χ0n) is 16.4. The molecule has 4 saturated carbocycles. The second-order valence-corrected chi connectivity index (χ2v) is 12.4. The minimum atomic E-state index is -3.50. The predicted molar refractivity (Wildman–Crippen MR) is 110 cm³/mol. The number of nitrogens with zero attached hydrogens (tertiary/aromatic N) is 1. The van der Waals surface area contributed by atoms with E-state index in [0.717, 1.165) is 43.4 Å². The molecule has 5 fully saturated rings. The molecule has 1 heterocycles. The van der Waals surface area contributed by atoms with E-state index in [-0.39, 0.29) is 10.3 Å². The first-order valence-corrected chi connectivity index (χ1v) is 12.7. The molecule has 1 spiro atoms. The molecule has 1 amide bonds. The molecule has 1 N–H and O–H groups in total. The number of benzene rings is 1. The summed E-state index contributed by atoms with van der Waals surface area (Å²) in [5.41, 5.74) is 0.394. The maximum absolute atomic E-state index is 13.0. The average molecular weight is 435 g/mol. The standard InChI is InChI=1S/C22H27ClN2O3S/c23-18-2-1-3-19(10-18)29(27,28)25-6-4-14(5-7-25)13-24-20(26)21-11-16-8-15-9-17(12-21)22(15,16)21/h1-3,10,14-17H,4-9,11-13H2,(H,24,26)/t15?,16-,17?,21?,22?/m1/s1. The number of carbonyl (C=O) groups is 1. The van der Waals surface area contributed by atoms with Gasteiger partial charge in [-0.15, -0.1) is 0 Å². The van der Waals surface area contributed by atoms with Crippen LogP contribution in [0.1, 0.15) is 38.5 Å². The highest BCUT2D eigenvalue weighted by Gasteiger charge is 2.89. The number of amides is 1. The first kappa shape index (κ1) is 18.6. The zero-order valence-corrected chi connectivity index (χ0v) is 18.0. The maximum Gasteiger partial charge on any atom is 0.243 e. The molecule has 0 aromatic heterocycles. The van der Waals surface area contributed by atoms with Crippen molar-refractivity contribution in [3.05, 3.63) is 29.3 Å². The summed E-state index contributed by atoms with van der Waals surface area (Å²) in [4.78, 5) is 13.3. The molecule has 4 unspecified atom stereocenters. The van der Waals surface area contributed by atoms with Gasteiger partial charge >= 0.3 is 0 Å². The number of piperidine rings is 1. The molecule has 5 aliphatic rings. The highest BCUT2D eigenvalue weighted by Crippen LogP contribution is 2.92. The van der Waals surface area contributed by atoms with Crippen LogP contribution in [0.4, 0.5) is 0 Å². The fourth-order valence-electron chi connectivity index (χ4n) is 7.85. The van der Waals surface area contributed by atoms with E-state index in [0.29, 0.717) is 41.9 Å². The fourth-order valence-corrected chi connectivity index (χ4v) is 9.62. The third kappa shape index (κ3) is 2.21. The van der Waals surface area contributed by atoms with Gasteiger partial charge < -0.3 is 5.32 Å². The Balaban J connectivity index is 1.04. The molecule has 6 rings (SSSR count). The largest absolute Gasteiger partial charge is 0.355 e. The van der Waals surface area contributed by atoms with E-state index in [1.165, 1.54) is 18.9 Å². The highest BCUT2D eigenvalue weighted by atomic mass is 35.5. The van der Waals surface area contributed by atoms with Crippen molar-refractivity contribution in [2.24, 2.45) is 34.5 Å². The van der Waals surface area contributed by atoms with Crippen molar-refractivity contribution in [2.75, 3.05) is 19.6 Å². The average Bonchev–Trinajstić information content (AvgIpc) is 2.64. The Hall–Kier alpha value is -1.11. The van der Waals surface area contributed by atoms with Crippen LogP contribution in [0, 0.1) is 34.5 Å². The van der Waals surface area contributed by atoms with Gasteiger partial charge in [0.1, 0.15) is 0 Å². The maximum atomic E-state index is 13.0. The van der Waals surface area contributed by atoms with E-state index < -0.39 is 10.0 Å². The number of sulfonamides is 1. The molecule has 0 radical (unpaired) electrons. The normalized spacial score (nSPS) is 40.4. The molecule has 1 saturated heterocycles. The van der Waals surface area contributed by atoms with Crippen LogP contribution in [0.2, 0.25) is 5.02 Å². The van der Waals surface area contributed by atoms with Gasteiger partial charge in [0.25, 0.3) is 0 Å². The molecule has 0 bridgehead atoms. The Morgan fingerprint density at radius 1 is 1.14 bits per heavy atom. The predicted octanol–water partition coefficient (Wildman–Crippen LogP) is 3.29. The molecule has 1 aromatic carbocycles. The van der Waals surface area contributed by atoms with E-state index in [1.54, 1.807) is 22.5 Å². The minimum Gasteiger partial charge on any atom is -0.355 e. The Kier molecular flexibility index (Phi) is 3.85. The Morgan fingerprint density at radius 3 is 2.41 bits per heavy atom. The first-order chi connectivity index (χ1) is 13.9. The lowest BCUT2D eigenvalue weighted by molar-refractivity contribution is -0.413. The molecule has 29 heavy (non-hydrogen) atoms. The third-order valence-electron chi connectivity index (χ3n) is 9.18. The van der Waals surface area contributed by atoms with Crippen molar-refractivity contribution in [1.29, 1.82) is 0 Å². The Bertz CT molecular complexity index is 960. The molecule has 7 heteroatoms. The van der Waals surface area contributed by atoms with Crippen molar-refractivity contribution < 1.29 is 13.2 Å².